The molecule has 2 heterocycles. The van der Waals surface area contributed by atoms with E-state index in [0.717, 1.165) is 47.7 Å². The molecule has 6 heteroatoms. The average molecular weight is 470 g/mol. The van der Waals surface area contributed by atoms with E-state index in [4.69, 9.17) is 4.42 Å². The molecule has 0 saturated heterocycles. The number of nitrogens with one attached hydrogen (secondary N) is 2. The van der Waals surface area contributed by atoms with Crippen LogP contribution >= 0.6 is 0 Å². The molecule has 0 spiro atoms. The highest BCUT2D eigenvalue weighted by Gasteiger charge is 2.36. The topological polar surface area (TPSA) is 78.3 Å². The minimum absolute atomic E-state index is 0.121. The first-order valence-electron chi connectivity index (χ1n) is 12.4. The van der Waals surface area contributed by atoms with E-state index in [0.29, 0.717) is 11.4 Å². The van der Waals surface area contributed by atoms with Gasteiger partial charge < -0.3 is 14.7 Å². The van der Waals surface area contributed by atoms with Crippen molar-refractivity contribution in [3.05, 3.63) is 90.0 Å². The molecule has 1 aliphatic rings. The Hall–Kier alpha value is -3.80. The van der Waals surface area contributed by atoms with E-state index in [1.54, 1.807) is 23.3 Å². The van der Waals surface area contributed by atoms with Gasteiger partial charge in [0.25, 0.3) is 5.91 Å². The Morgan fingerprint density at radius 1 is 1.03 bits per heavy atom. The van der Waals surface area contributed by atoms with E-state index in [2.05, 4.69) is 10.3 Å². The first kappa shape index (κ1) is 23.0. The molecular weight excluding hydrogens is 438 g/mol. The molecule has 2 N–H and O–H groups in total. The maximum atomic E-state index is 14.0. The number of anilines is 1. The highest BCUT2D eigenvalue weighted by Crippen LogP contribution is 2.32. The molecule has 2 amide bonds. The second kappa shape index (κ2) is 10.2. The third kappa shape index (κ3) is 4.87. The van der Waals surface area contributed by atoms with Crippen molar-refractivity contribution >= 4 is 28.4 Å². The van der Waals surface area contributed by atoms with E-state index in [-0.39, 0.29) is 24.3 Å². The standard InChI is InChI=1S/C29H31N3O3/c1-20-10-5-8-15-25(20)32(27(33)18-21-19-30-24-14-7-6-13-23(21)24)28(26-16-9-17-35-26)29(34)31-22-11-3-2-4-12-22/h5-10,13-17,19,22,28,30H,2-4,11-12,18H2,1H3,(H,31,34)/t28-/m1/s1. The predicted molar refractivity (Wildman–Crippen MR) is 137 cm³/mol. The summed E-state index contributed by atoms with van der Waals surface area (Å²) in [6.45, 7) is 1.96. The van der Waals surface area contributed by atoms with Crippen LogP contribution in [0, 0.1) is 6.92 Å². The fourth-order valence-corrected chi connectivity index (χ4v) is 5.12. The molecule has 0 aliphatic heterocycles. The Morgan fingerprint density at radius 3 is 2.57 bits per heavy atom. The lowest BCUT2D eigenvalue weighted by Crippen LogP contribution is -2.47. The third-order valence-electron chi connectivity index (χ3n) is 6.93. The molecule has 5 rings (SSSR count). The first-order chi connectivity index (χ1) is 17.1. The number of furan rings is 1. The summed E-state index contributed by atoms with van der Waals surface area (Å²) in [4.78, 5) is 32.7. The van der Waals surface area contributed by atoms with E-state index in [9.17, 15) is 9.59 Å². The van der Waals surface area contributed by atoms with Gasteiger partial charge >= 0.3 is 0 Å². The quantitative estimate of drug-likeness (QED) is 0.357. The minimum atomic E-state index is -0.897. The lowest BCUT2D eigenvalue weighted by atomic mass is 9.95. The monoisotopic (exact) mass is 469 g/mol. The lowest BCUT2D eigenvalue weighted by molar-refractivity contribution is -0.127. The number of para-hydroxylation sites is 2. The molecule has 6 nitrogen and oxygen atoms in total. The number of fused-ring (bicyclic) bond motifs is 1. The second-order valence-corrected chi connectivity index (χ2v) is 9.35. The van der Waals surface area contributed by atoms with Crippen molar-refractivity contribution in [1.29, 1.82) is 0 Å². The van der Waals surface area contributed by atoms with Crippen molar-refractivity contribution in [2.45, 2.75) is 57.5 Å². The Balaban J connectivity index is 1.53. The number of aromatic nitrogens is 1. The van der Waals surface area contributed by atoms with Gasteiger partial charge in [0.1, 0.15) is 5.76 Å². The summed E-state index contributed by atoms with van der Waals surface area (Å²) in [5.41, 5.74) is 3.50. The van der Waals surface area contributed by atoms with Crippen molar-refractivity contribution in [2.24, 2.45) is 0 Å². The largest absolute Gasteiger partial charge is 0.467 e. The van der Waals surface area contributed by atoms with Gasteiger partial charge in [-0.05, 0) is 55.2 Å². The molecule has 2 aromatic carbocycles. The number of hydrogen-bond acceptors (Lipinski definition) is 3. The highest BCUT2D eigenvalue weighted by molar-refractivity contribution is 6.03. The number of H-pyrrole nitrogens is 1. The van der Waals surface area contributed by atoms with Crippen molar-refractivity contribution < 1.29 is 14.0 Å². The fraction of sp³-hybridized carbons (Fsp3) is 0.310. The van der Waals surface area contributed by atoms with Gasteiger partial charge in [0.2, 0.25) is 5.91 Å². The van der Waals surface area contributed by atoms with Crippen LogP contribution in [0.5, 0.6) is 0 Å². The smallest absolute Gasteiger partial charge is 0.251 e. The molecule has 1 saturated carbocycles. The van der Waals surface area contributed by atoms with Crippen LogP contribution in [0.15, 0.2) is 77.5 Å². The van der Waals surface area contributed by atoms with Crippen molar-refractivity contribution in [2.75, 3.05) is 4.90 Å². The number of rotatable bonds is 7. The summed E-state index contributed by atoms with van der Waals surface area (Å²) in [6.07, 6.45) is 8.93. The Labute approximate surface area is 205 Å². The van der Waals surface area contributed by atoms with Crippen LogP contribution in [0.3, 0.4) is 0 Å². The molecule has 1 atom stereocenters. The van der Waals surface area contributed by atoms with Crippen LogP contribution in [0.1, 0.15) is 55.0 Å². The van der Waals surface area contributed by atoms with Crippen molar-refractivity contribution in [3.8, 4) is 0 Å². The van der Waals surface area contributed by atoms with Gasteiger partial charge in [0.15, 0.2) is 6.04 Å². The third-order valence-corrected chi connectivity index (χ3v) is 6.93. The molecule has 0 radical (unpaired) electrons. The molecule has 1 fully saturated rings. The molecule has 0 unspecified atom stereocenters. The Bertz CT molecular complexity index is 1300. The SMILES string of the molecule is Cc1ccccc1N(C(=O)Cc1c[nH]c2ccccc12)[C@@H](C(=O)NC1CCCCC1)c1ccco1. The zero-order valence-corrected chi connectivity index (χ0v) is 20.0. The van der Waals surface area contributed by atoms with Crippen molar-refractivity contribution in [3.63, 3.8) is 0 Å². The van der Waals surface area contributed by atoms with Gasteiger partial charge in [-0.2, -0.15) is 0 Å². The molecule has 2 aromatic heterocycles. The van der Waals surface area contributed by atoms with Crippen LogP contribution in [0.4, 0.5) is 5.69 Å². The molecule has 0 bridgehead atoms. The summed E-state index contributed by atoms with van der Waals surface area (Å²) >= 11 is 0. The normalized spacial score (nSPS) is 15.1. The van der Waals surface area contributed by atoms with Gasteiger partial charge in [-0.25, -0.2) is 0 Å². The summed E-state index contributed by atoms with van der Waals surface area (Å²) in [5, 5.41) is 4.23. The van der Waals surface area contributed by atoms with Gasteiger partial charge in [-0.1, -0.05) is 55.7 Å². The van der Waals surface area contributed by atoms with Gasteiger partial charge in [-0.15, -0.1) is 0 Å². The summed E-state index contributed by atoms with van der Waals surface area (Å²) in [7, 11) is 0. The molecule has 180 valence electrons. The second-order valence-electron chi connectivity index (χ2n) is 9.35. The van der Waals surface area contributed by atoms with Crippen molar-refractivity contribution in [1.82, 2.24) is 10.3 Å². The number of benzene rings is 2. The van der Waals surface area contributed by atoms with Gasteiger partial charge in [0, 0.05) is 28.8 Å². The number of hydrogen-bond donors (Lipinski definition) is 2. The first-order valence-corrected chi connectivity index (χ1v) is 12.4. The molecule has 35 heavy (non-hydrogen) atoms. The molecule has 1 aliphatic carbocycles. The number of amides is 2. The highest BCUT2D eigenvalue weighted by atomic mass is 16.3. The Kier molecular flexibility index (Phi) is 6.70. The van der Waals surface area contributed by atoms with E-state index in [1.165, 1.54) is 6.42 Å². The number of aromatic amines is 1. The number of carbonyl (C=O) groups is 2. The van der Waals surface area contributed by atoms with E-state index >= 15 is 0 Å². The number of carbonyl (C=O) groups excluding carboxylic acids is 2. The van der Waals surface area contributed by atoms with Crippen LogP contribution in [0.25, 0.3) is 10.9 Å². The number of nitrogens with zero attached hydrogens (tertiary/aromatic N) is 1. The molecule has 4 aromatic rings. The van der Waals surface area contributed by atoms with Crippen LogP contribution in [-0.2, 0) is 16.0 Å². The fourth-order valence-electron chi connectivity index (χ4n) is 5.12. The maximum Gasteiger partial charge on any atom is 0.251 e. The zero-order chi connectivity index (χ0) is 24.2. The van der Waals surface area contributed by atoms with E-state index in [1.807, 2.05) is 61.7 Å². The average Bonchev–Trinajstić information content (AvgIpc) is 3.54. The molecular formula is C29H31N3O3. The minimum Gasteiger partial charge on any atom is -0.467 e. The lowest BCUT2D eigenvalue weighted by Gasteiger charge is -2.33. The predicted octanol–water partition coefficient (Wildman–Crippen LogP) is 5.84. The van der Waals surface area contributed by atoms with E-state index < -0.39 is 6.04 Å². The summed E-state index contributed by atoms with van der Waals surface area (Å²) < 4.78 is 5.74. The van der Waals surface area contributed by atoms with Gasteiger partial charge in [0.05, 0.1) is 12.7 Å². The maximum absolute atomic E-state index is 14.0. The van der Waals surface area contributed by atoms with Crippen LogP contribution < -0.4 is 10.2 Å². The van der Waals surface area contributed by atoms with Gasteiger partial charge in [-0.3, -0.25) is 14.5 Å². The van der Waals surface area contributed by atoms with Crippen LogP contribution in [-0.4, -0.2) is 22.8 Å². The summed E-state index contributed by atoms with van der Waals surface area (Å²) in [6, 6.07) is 18.4. The Morgan fingerprint density at radius 2 is 1.80 bits per heavy atom. The summed E-state index contributed by atoms with van der Waals surface area (Å²) in [5.74, 6) is 0.0838. The number of aryl methyl sites for hydroxylation is 1. The van der Waals surface area contributed by atoms with Crippen LogP contribution in [0.2, 0.25) is 0 Å². The zero-order valence-electron chi connectivity index (χ0n) is 20.0.